The number of likely N-dealkylation sites (tertiary alicyclic amines) is 1. The Hall–Kier alpha value is -0.940. The lowest BCUT2D eigenvalue weighted by Crippen LogP contribution is -2.31. The minimum absolute atomic E-state index is 0.0150. The monoisotopic (exact) mass is 343 g/mol. The van der Waals surface area contributed by atoms with Crippen LogP contribution in [0.15, 0.2) is 22.7 Å². The van der Waals surface area contributed by atoms with E-state index in [1.165, 1.54) is 18.9 Å². The van der Waals surface area contributed by atoms with Crippen molar-refractivity contribution in [3.8, 4) is 0 Å². The molecule has 0 spiro atoms. The standard InChI is InChI=1S/C15H19BrFNO2/c16-12-6-5-11(9-13(12)17)14(10-15(19)20)18-7-3-1-2-4-8-18/h5-6,9,14H,1-4,7-8,10H2,(H,19,20). The largest absolute Gasteiger partial charge is 0.481 e. The van der Waals surface area contributed by atoms with Crippen LogP contribution in [0.3, 0.4) is 0 Å². The molecule has 1 unspecified atom stereocenters. The maximum Gasteiger partial charge on any atom is 0.305 e. The van der Waals surface area contributed by atoms with E-state index in [0.29, 0.717) is 4.47 Å². The first-order valence-electron chi connectivity index (χ1n) is 6.98. The summed E-state index contributed by atoms with van der Waals surface area (Å²) < 4.78 is 14.1. The fourth-order valence-electron chi connectivity index (χ4n) is 2.75. The highest BCUT2D eigenvalue weighted by Gasteiger charge is 2.24. The second kappa shape index (κ2) is 7.18. The Labute approximate surface area is 126 Å². The third kappa shape index (κ3) is 4.03. The molecule has 1 heterocycles. The normalized spacial score (nSPS) is 18.5. The molecule has 0 bridgehead atoms. The first-order chi connectivity index (χ1) is 9.58. The van der Waals surface area contributed by atoms with Crippen LogP contribution in [-0.4, -0.2) is 29.1 Å². The lowest BCUT2D eigenvalue weighted by molar-refractivity contribution is -0.138. The van der Waals surface area contributed by atoms with Crippen molar-refractivity contribution in [2.75, 3.05) is 13.1 Å². The van der Waals surface area contributed by atoms with Gasteiger partial charge < -0.3 is 5.11 Å². The predicted octanol–water partition coefficient (Wildman–Crippen LogP) is 3.98. The molecule has 110 valence electrons. The number of hydrogen-bond acceptors (Lipinski definition) is 2. The number of halogens is 2. The van der Waals surface area contributed by atoms with Crippen LogP contribution in [0.2, 0.25) is 0 Å². The fraction of sp³-hybridized carbons (Fsp3) is 0.533. The van der Waals surface area contributed by atoms with E-state index in [1.54, 1.807) is 6.07 Å². The van der Waals surface area contributed by atoms with Gasteiger partial charge in [0.05, 0.1) is 10.9 Å². The molecule has 1 aromatic rings. The van der Waals surface area contributed by atoms with Gasteiger partial charge in [-0.15, -0.1) is 0 Å². The molecule has 0 amide bonds. The number of nitrogens with zero attached hydrogens (tertiary/aromatic N) is 1. The first kappa shape index (κ1) is 15.4. The van der Waals surface area contributed by atoms with Crippen LogP contribution in [0.25, 0.3) is 0 Å². The zero-order valence-electron chi connectivity index (χ0n) is 11.3. The summed E-state index contributed by atoms with van der Waals surface area (Å²) in [6.45, 7) is 1.77. The van der Waals surface area contributed by atoms with E-state index in [1.807, 2.05) is 6.07 Å². The van der Waals surface area contributed by atoms with Gasteiger partial charge in [-0.3, -0.25) is 9.69 Å². The molecular formula is C15H19BrFNO2. The van der Waals surface area contributed by atoms with E-state index in [9.17, 15) is 9.18 Å². The highest BCUT2D eigenvalue weighted by molar-refractivity contribution is 9.10. The number of carbonyl (C=O) groups is 1. The number of aliphatic carboxylic acids is 1. The van der Waals surface area contributed by atoms with Gasteiger partial charge in [-0.25, -0.2) is 4.39 Å². The van der Waals surface area contributed by atoms with E-state index in [-0.39, 0.29) is 18.3 Å². The Morgan fingerprint density at radius 1 is 1.30 bits per heavy atom. The van der Waals surface area contributed by atoms with Crippen LogP contribution < -0.4 is 0 Å². The highest BCUT2D eigenvalue weighted by Crippen LogP contribution is 2.29. The molecule has 1 aliphatic heterocycles. The smallest absolute Gasteiger partial charge is 0.305 e. The number of benzene rings is 1. The zero-order valence-corrected chi connectivity index (χ0v) is 12.9. The van der Waals surface area contributed by atoms with Gasteiger partial charge in [0.2, 0.25) is 0 Å². The molecular weight excluding hydrogens is 325 g/mol. The van der Waals surface area contributed by atoms with Crippen molar-refractivity contribution in [3.05, 3.63) is 34.1 Å². The Balaban J connectivity index is 2.25. The van der Waals surface area contributed by atoms with Crippen molar-refractivity contribution < 1.29 is 14.3 Å². The quantitative estimate of drug-likeness (QED) is 0.898. The van der Waals surface area contributed by atoms with Crippen LogP contribution in [0.4, 0.5) is 4.39 Å². The summed E-state index contributed by atoms with van der Waals surface area (Å²) in [4.78, 5) is 13.3. The van der Waals surface area contributed by atoms with Gasteiger partial charge in [0, 0.05) is 6.04 Å². The van der Waals surface area contributed by atoms with Crippen LogP contribution in [-0.2, 0) is 4.79 Å². The van der Waals surface area contributed by atoms with Crippen LogP contribution in [0.1, 0.15) is 43.7 Å². The predicted molar refractivity (Wildman–Crippen MR) is 79.1 cm³/mol. The molecule has 20 heavy (non-hydrogen) atoms. The summed E-state index contributed by atoms with van der Waals surface area (Å²) >= 11 is 3.13. The summed E-state index contributed by atoms with van der Waals surface area (Å²) in [5, 5.41) is 9.14. The summed E-state index contributed by atoms with van der Waals surface area (Å²) in [6, 6.07) is 4.67. The molecule has 1 atom stereocenters. The molecule has 0 radical (unpaired) electrons. The van der Waals surface area contributed by atoms with E-state index in [0.717, 1.165) is 31.5 Å². The highest BCUT2D eigenvalue weighted by atomic mass is 79.9. The topological polar surface area (TPSA) is 40.5 Å². The average molecular weight is 344 g/mol. The number of hydrogen-bond donors (Lipinski definition) is 1. The SMILES string of the molecule is O=C(O)CC(c1ccc(Br)c(F)c1)N1CCCCCC1. The molecule has 1 aromatic carbocycles. The second-order valence-electron chi connectivity index (χ2n) is 5.24. The van der Waals surface area contributed by atoms with Gasteiger partial charge >= 0.3 is 5.97 Å². The first-order valence-corrected chi connectivity index (χ1v) is 7.78. The lowest BCUT2D eigenvalue weighted by atomic mass is 10.0. The molecule has 0 aliphatic carbocycles. The fourth-order valence-corrected chi connectivity index (χ4v) is 3.00. The van der Waals surface area contributed by atoms with E-state index < -0.39 is 5.97 Å². The van der Waals surface area contributed by atoms with Crippen molar-refractivity contribution in [2.45, 2.75) is 38.1 Å². The van der Waals surface area contributed by atoms with Gasteiger partial charge in [0.25, 0.3) is 0 Å². The van der Waals surface area contributed by atoms with E-state index >= 15 is 0 Å². The van der Waals surface area contributed by atoms with Crippen LogP contribution >= 0.6 is 15.9 Å². The summed E-state index contributed by atoms with van der Waals surface area (Å²) in [7, 11) is 0. The molecule has 2 rings (SSSR count). The lowest BCUT2D eigenvalue weighted by Gasteiger charge is -2.30. The van der Waals surface area contributed by atoms with Gasteiger partial charge in [-0.2, -0.15) is 0 Å². The number of carboxylic acids is 1. The Bertz CT molecular complexity index is 473. The molecule has 1 aliphatic rings. The third-order valence-electron chi connectivity index (χ3n) is 3.78. The molecule has 1 N–H and O–H groups in total. The molecule has 1 saturated heterocycles. The zero-order chi connectivity index (χ0) is 14.5. The van der Waals surface area contributed by atoms with Gasteiger partial charge in [-0.05, 0) is 59.6 Å². The molecule has 0 saturated carbocycles. The Kier molecular flexibility index (Phi) is 5.54. The van der Waals surface area contributed by atoms with Crippen LogP contribution in [0, 0.1) is 5.82 Å². The minimum atomic E-state index is -0.845. The summed E-state index contributed by atoms with van der Waals surface area (Å²) in [5.74, 6) is -1.18. The molecule has 1 fully saturated rings. The van der Waals surface area contributed by atoms with Crippen LogP contribution in [0.5, 0.6) is 0 Å². The Morgan fingerprint density at radius 2 is 1.95 bits per heavy atom. The number of rotatable bonds is 4. The van der Waals surface area contributed by atoms with Crippen molar-refractivity contribution >= 4 is 21.9 Å². The van der Waals surface area contributed by atoms with Crippen molar-refractivity contribution in [2.24, 2.45) is 0 Å². The molecule has 3 nitrogen and oxygen atoms in total. The summed E-state index contributed by atoms with van der Waals surface area (Å²) in [5.41, 5.74) is 0.745. The second-order valence-corrected chi connectivity index (χ2v) is 6.09. The van der Waals surface area contributed by atoms with Gasteiger partial charge in [0.15, 0.2) is 0 Å². The van der Waals surface area contributed by atoms with Crippen molar-refractivity contribution in [1.29, 1.82) is 0 Å². The van der Waals surface area contributed by atoms with E-state index in [4.69, 9.17) is 5.11 Å². The molecule has 0 aromatic heterocycles. The third-order valence-corrected chi connectivity index (χ3v) is 4.42. The minimum Gasteiger partial charge on any atom is -0.481 e. The van der Waals surface area contributed by atoms with E-state index in [2.05, 4.69) is 20.8 Å². The van der Waals surface area contributed by atoms with Crippen molar-refractivity contribution in [3.63, 3.8) is 0 Å². The van der Waals surface area contributed by atoms with Gasteiger partial charge in [-0.1, -0.05) is 18.9 Å². The maximum atomic E-state index is 13.7. The van der Waals surface area contributed by atoms with Crippen molar-refractivity contribution in [1.82, 2.24) is 4.90 Å². The maximum absolute atomic E-state index is 13.7. The average Bonchev–Trinajstić information content (AvgIpc) is 2.68. The molecule has 5 heteroatoms. The van der Waals surface area contributed by atoms with Gasteiger partial charge in [0.1, 0.15) is 5.82 Å². The number of carboxylic acid groups (broad SMARTS) is 1. The Morgan fingerprint density at radius 3 is 2.50 bits per heavy atom. The summed E-state index contributed by atoms with van der Waals surface area (Å²) in [6.07, 6.45) is 4.54.